The summed E-state index contributed by atoms with van der Waals surface area (Å²) in [7, 11) is -4.52. The number of nitro benzene ring substituents is 1. The number of aromatic amines is 1. The van der Waals surface area contributed by atoms with Gasteiger partial charge in [0.1, 0.15) is 11.4 Å². The highest BCUT2D eigenvalue weighted by Gasteiger charge is 2.26. The minimum Gasteiger partial charge on any atom is -0.453 e. The first kappa shape index (κ1) is 27.1. The third-order valence-electron chi connectivity index (χ3n) is 6.58. The molecule has 4 aromatic rings. The number of H-pyrrole nitrogens is 1. The second-order valence-electron chi connectivity index (χ2n) is 9.25. The van der Waals surface area contributed by atoms with E-state index in [9.17, 15) is 27.7 Å². The van der Waals surface area contributed by atoms with Crippen LogP contribution in [0, 0.1) is 21.8 Å². The van der Waals surface area contributed by atoms with Crippen LogP contribution in [0.15, 0.2) is 71.8 Å². The summed E-state index contributed by atoms with van der Waals surface area (Å²) in [6, 6.07) is 13.5. The number of carbonyl (C=O) groups is 1. The summed E-state index contributed by atoms with van der Waals surface area (Å²) < 4.78 is 53.6. The number of carbonyl (C=O) groups excluding carboxylic acids is 1. The summed E-state index contributed by atoms with van der Waals surface area (Å²) in [5, 5.41) is 15.4. The normalized spacial score (nSPS) is 14.1. The molecule has 1 saturated heterocycles. The van der Waals surface area contributed by atoms with Crippen molar-refractivity contribution in [1.29, 1.82) is 0 Å². The number of sulfonamides is 1. The van der Waals surface area contributed by atoms with Crippen molar-refractivity contribution in [3.8, 4) is 11.5 Å². The quantitative estimate of drug-likeness (QED) is 0.189. The van der Waals surface area contributed by atoms with Crippen LogP contribution in [0.25, 0.3) is 10.9 Å². The molecule has 3 N–H and O–H groups in total. The second-order valence-corrected chi connectivity index (χ2v) is 10.9. The number of hydrogen-bond acceptors (Lipinski definition) is 8. The lowest BCUT2D eigenvalue weighted by Gasteiger charge is -2.22. The molecule has 1 amide bonds. The van der Waals surface area contributed by atoms with Crippen LogP contribution in [0.1, 0.15) is 23.2 Å². The molecular formula is C27H25FN4O7S. The number of aromatic nitrogens is 1. The maximum absolute atomic E-state index is 14.6. The van der Waals surface area contributed by atoms with E-state index in [1.165, 1.54) is 42.5 Å². The lowest BCUT2D eigenvalue weighted by Crippen LogP contribution is -2.31. The third kappa shape index (κ3) is 5.90. The van der Waals surface area contributed by atoms with Gasteiger partial charge in [-0.1, -0.05) is 12.1 Å². The predicted octanol–water partition coefficient (Wildman–Crippen LogP) is 4.96. The van der Waals surface area contributed by atoms with Crippen LogP contribution in [0.5, 0.6) is 11.5 Å². The summed E-state index contributed by atoms with van der Waals surface area (Å²) >= 11 is 0. The Morgan fingerprint density at radius 1 is 1.10 bits per heavy atom. The molecule has 11 nitrogen and oxygen atoms in total. The Hall–Kier alpha value is -4.49. The topological polar surface area (TPSA) is 153 Å². The molecule has 1 aliphatic rings. The zero-order valence-corrected chi connectivity index (χ0v) is 21.9. The van der Waals surface area contributed by atoms with Crippen LogP contribution in [0.2, 0.25) is 0 Å². The van der Waals surface area contributed by atoms with Crippen molar-refractivity contribution in [3.63, 3.8) is 0 Å². The smallest absolute Gasteiger partial charge is 0.293 e. The van der Waals surface area contributed by atoms with Gasteiger partial charge in [-0.05, 0) is 55.2 Å². The number of benzene rings is 3. The Morgan fingerprint density at radius 2 is 1.88 bits per heavy atom. The molecule has 40 heavy (non-hydrogen) atoms. The van der Waals surface area contributed by atoms with Gasteiger partial charge in [-0.15, -0.1) is 0 Å². The number of para-hydroxylation sites is 1. The number of rotatable bonds is 9. The fraction of sp³-hybridized carbons (Fsp3) is 0.222. The van der Waals surface area contributed by atoms with Gasteiger partial charge in [0.25, 0.3) is 21.6 Å². The first-order chi connectivity index (χ1) is 19.2. The van der Waals surface area contributed by atoms with Gasteiger partial charge in [-0.3, -0.25) is 14.9 Å². The number of halogens is 1. The van der Waals surface area contributed by atoms with Crippen molar-refractivity contribution in [2.45, 2.75) is 17.7 Å². The van der Waals surface area contributed by atoms with E-state index in [2.05, 4.69) is 10.3 Å². The van der Waals surface area contributed by atoms with E-state index in [1.54, 1.807) is 18.3 Å². The van der Waals surface area contributed by atoms with Crippen molar-refractivity contribution in [2.75, 3.05) is 25.1 Å². The molecule has 0 bridgehead atoms. The van der Waals surface area contributed by atoms with E-state index < -0.39 is 37.3 Å². The zero-order valence-electron chi connectivity index (χ0n) is 21.1. The van der Waals surface area contributed by atoms with Crippen molar-refractivity contribution < 1.29 is 32.0 Å². The summed E-state index contributed by atoms with van der Waals surface area (Å²) in [4.78, 5) is 26.5. The van der Waals surface area contributed by atoms with Gasteiger partial charge >= 0.3 is 0 Å². The number of amides is 1. The average molecular weight is 569 g/mol. The van der Waals surface area contributed by atoms with Crippen molar-refractivity contribution in [1.82, 2.24) is 9.71 Å². The van der Waals surface area contributed by atoms with E-state index in [4.69, 9.17) is 9.47 Å². The molecule has 0 aliphatic carbocycles. The molecule has 0 spiro atoms. The second kappa shape index (κ2) is 11.3. The molecule has 0 unspecified atom stereocenters. The Bertz CT molecular complexity index is 1680. The molecule has 0 radical (unpaired) electrons. The highest BCUT2D eigenvalue weighted by Crippen LogP contribution is 2.32. The Morgan fingerprint density at radius 3 is 2.65 bits per heavy atom. The van der Waals surface area contributed by atoms with Gasteiger partial charge < -0.3 is 19.8 Å². The molecule has 3 aromatic carbocycles. The van der Waals surface area contributed by atoms with E-state index in [-0.39, 0.29) is 28.7 Å². The van der Waals surface area contributed by atoms with Crippen LogP contribution < -0.4 is 14.8 Å². The zero-order chi connectivity index (χ0) is 28.3. The lowest BCUT2D eigenvalue weighted by molar-refractivity contribution is -0.384. The van der Waals surface area contributed by atoms with Crippen LogP contribution >= 0.6 is 0 Å². The molecule has 0 saturated carbocycles. The summed E-state index contributed by atoms with van der Waals surface area (Å²) in [6.45, 7) is 1.72. The SMILES string of the molecule is O=C(NS(=O)(=O)c1ccc(NCC2CCOCC2)c([N+](=O)[O-])c1)c1ccccc1Oc1cc2cc[nH]c2cc1F. The number of nitrogens with one attached hydrogen (secondary N) is 3. The van der Waals surface area contributed by atoms with Gasteiger partial charge in [-0.25, -0.2) is 17.5 Å². The number of ether oxygens (including phenoxy) is 2. The first-order valence-corrected chi connectivity index (χ1v) is 13.9. The van der Waals surface area contributed by atoms with Gasteiger partial charge in [-0.2, -0.15) is 0 Å². The highest BCUT2D eigenvalue weighted by atomic mass is 32.2. The van der Waals surface area contributed by atoms with Crippen molar-refractivity contribution in [2.24, 2.45) is 5.92 Å². The fourth-order valence-electron chi connectivity index (χ4n) is 4.41. The number of hydrogen-bond donors (Lipinski definition) is 3. The molecule has 2 heterocycles. The molecule has 208 valence electrons. The Kier molecular flexibility index (Phi) is 7.67. The standard InChI is InChI=1S/C27H25FN4O7S/c28-21-15-23-18(7-10-29-23)13-26(21)39-25-4-2-1-3-20(25)27(33)31-40(36,37)19-5-6-22(24(14-19)32(34)35)30-16-17-8-11-38-12-9-17/h1-7,10,13-15,17,29-30H,8-9,11-12,16H2,(H,31,33). The molecular weight excluding hydrogens is 543 g/mol. The van der Waals surface area contributed by atoms with Gasteiger partial charge in [0.05, 0.1) is 15.4 Å². The molecule has 1 aliphatic heterocycles. The molecule has 1 aromatic heterocycles. The highest BCUT2D eigenvalue weighted by molar-refractivity contribution is 7.90. The summed E-state index contributed by atoms with van der Waals surface area (Å²) in [5.74, 6) is -1.70. The molecule has 1 fully saturated rings. The Labute approximate surface area is 228 Å². The summed E-state index contributed by atoms with van der Waals surface area (Å²) in [5.41, 5.74) is 0.105. The third-order valence-corrected chi connectivity index (χ3v) is 7.91. The summed E-state index contributed by atoms with van der Waals surface area (Å²) in [6.07, 6.45) is 3.27. The number of fused-ring (bicyclic) bond motifs is 1. The van der Waals surface area contributed by atoms with Crippen molar-refractivity contribution in [3.05, 3.63) is 88.4 Å². The van der Waals surface area contributed by atoms with Gasteiger partial charge in [0, 0.05) is 49.0 Å². The van der Waals surface area contributed by atoms with Crippen LogP contribution in [-0.4, -0.2) is 44.0 Å². The van der Waals surface area contributed by atoms with Crippen LogP contribution in [0.4, 0.5) is 15.8 Å². The van der Waals surface area contributed by atoms with Crippen molar-refractivity contribution >= 4 is 38.2 Å². The lowest BCUT2D eigenvalue weighted by atomic mass is 10.0. The minimum absolute atomic E-state index is 0.0809. The number of anilines is 1. The maximum atomic E-state index is 14.6. The number of nitro groups is 1. The predicted molar refractivity (Wildman–Crippen MR) is 145 cm³/mol. The van der Waals surface area contributed by atoms with Gasteiger partial charge in [0.2, 0.25) is 0 Å². The van der Waals surface area contributed by atoms with Crippen LogP contribution in [-0.2, 0) is 14.8 Å². The van der Waals surface area contributed by atoms with E-state index >= 15 is 0 Å². The van der Waals surface area contributed by atoms with Crippen LogP contribution in [0.3, 0.4) is 0 Å². The molecule has 5 rings (SSSR count). The average Bonchev–Trinajstić information content (AvgIpc) is 3.39. The minimum atomic E-state index is -4.52. The first-order valence-electron chi connectivity index (χ1n) is 12.4. The largest absolute Gasteiger partial charge is 0.453 e. The molecule has 13 heteroatoms. The molecule has 0 atom stereocenters. The number of nitrogens with zero attached hydrogens (tertiary/aromatic N) is 1. The Balaban J connectivity index is 1.35. The van der Waals surface area contributed by atoms with E-state index in [1.807, 2.05) is 4.72 Å². The monoisotopic (exact) mass is 568 g/mol. The fourth-order valence-corrected chi connectivity index (χ4v) is 5.40. The van der Waals surface area contributed by atoms with E-state index in [0.717, 1.165) is 18.9 Å². The maximum Gasteiger partial charge on any atom is 0.293 e. The van der Waals surface area contributed by atoms with Gasteiger partial charge in [0.15, 0.2) is 11.6 Å². The van der Waals surface area contributed by atoms with E-state index in [0.29, 0.717) is 30.7 Å².